The molecule has 0 fully saturated rings. The molecule has 6 nitrogen and oxygen atoms in total. The average Bonchev–Trinajstić information content (AvgIpc) is 2.17. The number of carbonyl (C=O) groups is 3. The molecule has 1 atom stereocenters. The van der Waals surface area contributed by atoms with Crippen LogP contribution in [-0.4, -0.2) is 35.6 Å². The Morgan fingerprint density at radius 1 is 1.19 bits per heavy atom. The molecule has 1 unspecified atom stereocenters. The SMILES string of the molecule is CCOC(=O)C(CC)N(OC(C)=O)C(C)=O. The first-order valence-corrected chi connectivity index (χ1v) is 5.08. The molecule has 0 heterocycles. The zero-order chi connectivity index (χ0) is 12.7. The Morgan fingerprint density at radius 3 is 2.06 bits per heavy atom. The van der Waals surface area contributed by atoms with Crippen molar-refractivity contribution in [3.63, 3.8) is 0 Å². The van der Waals surface area contributed by atoms with Crippen LogP contribution in [0.4, 0.5) is 0 Å². The van der Waals surface area contributed by atoms with Crippen LogP contribution in [0, 0.1) is 0 Å². The van der Waals surface area contributed by atoms with Gasteiger partial charge in [0.1, 0.15) is 0 Å². The minimum absolute atomic E-state index is 0.209. The van der Waals surface area contributed by atoms with E-state index >= 15 is 0 Å². The van der Waals surface area contributed by atoms with Crippen LogP contribution < -0.4 is 0 Å². The van der Waals surface area contributed by atoms with Crippen LogP contribution in [-0.2, 0) is 24.0 Å². The Hall–Kier alpha value is -1.59. The molecule has 92 valence electrons. The van der Waals surface area contributed by atoms with Crippen molar-refractivity contribution in [2.45, 2.75) is 40.2 Å². The van der Waals surface area contributed by atoms with Gasteiger partial charge in [-0.2, -0.15) is 5.06 Å². The third kappa shape index (κ3) is 4.29. The number of hydroxylamine groups is 2. The molecule has 0 bridgehead atoms. The third-order valence-electron chi connectivity index (χ3n) is 1.77. The van der Waals surface area contributed by atoms with E-state index in [-0.39, 0.29) is 6.61 Å². The van der Waals surface area contributed by atoms with Crippen LogP contribution in [0.15, 0.2) is 0 Å². The standard InChI is InChI=1S/C10H17NO5/c1-5-9(10(14)15-6-2)11(7(3)12)16-8(4)13/h9H,5-6H2,1-4H3. The van der Waals surface area contributed by atoms with Crippen LogP contribution in [0.25, 0.3) is 0 Å². The van der Waals surface area contributed by atoms with E-state index < -0.39 is 23.9 Å². The van der Waals surface area contributed by atoms with Crippen molar-refractivity contribution < 1.29 is 24.0 Å². The molecule has 16 heavy (non-hydrogen) atoms. The Bertz CT molecular complexity index is 276. The molecule has 0 rings (SSSR count). The summed E-state index contributed by atoms with van der Waals surface area (Å²) >= 11 is 0. The van der Waals surface area contributed by atoms with Crippen LogP contribution in [0.5, 0.6) is 0 Å². The largest absolute Gasteiger partial charge is 0.464 e. The normalized spacial score (nSPS) is 11.5. The van der Waals surface area contributed by atoms with E-state index in [2.05, 4.69) is 4.84 Å². The molecule has 0 aliphatic rings. The van der Waals surface area contributed by atoms with Gasteiger partial charge in [-0.15, -0.1) is 0 Å². The fourth-order valence-corrected chi connectivity index (χ4v) is 1.15. The first-order valence-electron chi connectivity index (χ1n) is 5.08. The van der Waals surface area contributed by atoms with Crippen molar-refractivity contribution in [1.29, 1.82) is 0 Å². The fourth-order valence-electron chi connectivity index (χ4n) is 1.15. The summed E-state index contributed by atoms with van der Waals surface area (Å²) in [6, 6.07) is -0.888. The maximum atomic E-state index is 11.5. The Balaban J connectivity index is 4.77. The lowest BCUT2D eigenvalue weighted by Crippen LogP contribution is -2.45. The van der Waals surface area contributed by atoms with Gasteiger partial charge in [0.2, 0.25) is 0 Å². The minimum atomic E-state index is -0.888. The average molecular weight is 231 g/mol. The van der Waals surface area contributed by atoms with Crippen LogP contribution >= 0.6 is 0 Å². The number of carbonyl (C=O) groups excluding carboxylic acids is 3. The summed E-state index contributed by atoms with van der Waals surface area (Å²) in [5.74, 6) is -1.76. The second-order valence-electron chi connectivity index (χ2n) is 3.10. The fraction of sp³-hybridized carbons (Fsp3) is 0.700. The zero-order valence-electron chi connectivity index (χ0n) is 9.98. The molecular formula is C10H17NO5. The quantitative estimate of drug-likeness (QED) is 0.524. The molecule has 0 aromatic carbocycles. The Morgan fingerprint density at radius 2 is 1.75 bits per heavy atom. The van der Waals surface area contributed by atoms with E-state index in [1.54, 1.807) is 13.8 Å². The van der Waals surface area contributed by atoms with Crippen molar-refractivity contribution in [3.05, 3.63) is 0 Å². The summed E-state index contributed by atoms with van der Waals surface area (Å²) < 4.78 is 4.78. The first-order chi connectivity index (χ1) is 7.43. The van der Waals surface area contributed by atoms with Gasteiger partial charge in [0.15, 0.2) is 6.04 Å². The number of amides is 1. The highest BCUT2D eigenvalue weighted by molar-refractivity contribution is 5.83. The minimum Gasteiger partial charge on any atom is -0.464 e. The number of hydrogen-bond acceptors (Lipinski definition) is 5. The first kappa shape index (κ1) is 14.4. The molecule has 6 heteroatoms. The van der Waals surface area contributed by atoms with Crippen molar-refractivity contribution in [3.8, 4) is 0 Å². The maximum absolute atomic E-state index is 11.5. The van der Waals surface area contributed by atoms with E-state index in [4.69, 9.17) is 4.74 Å². The van der Waals surface area contributed by atoms with Gasteiger partial charge in [-0.3, -0.25) is 9.59 Å². The molecule has 0 saturated carbocycles. The Labute approximate surface area is 94.4 Å². The summed E-state index contributed by atoms with van der Waals surface area (Å²) in [5, 5.41) is 0.750. The van der Waals surface area contributed by atoms with E-state index in [9.17, 15) is 14.4 Å². The van der Waals surface area contributed by atoms with E-state index in [0.29, 0.717) is 6.42 Å². The van der Waals surface area contributed by atoms with Crippen LogP contribution in [0.2, 0.25) is 0 Å². The van der Waals surface area contributed by atoms with Gasteiger partial charge in [-0.05, 0) is 13.3 Å². The summed E-state index contributed by atoms with van der Waals surface area (Å²) in [5.41, 5.74) is 0. The number of ether oxygens (including phenoxy) is 1. The lowest BCUT2D eigenvalue weighted by atomic mass is 10.2. The van der Waals surface area contributed by atoms with Gasteiger partial charge >= 0.3 is 11.9 Å². The topological polar surface area (TPSA) is 72.9 Å². The second-order valence-corrected chi connectivity index (χ2v) is 3.10. The second kappa shape index (κ2) is 6.81. The molecule has 0 aromatic heterocycles. The smallest absolute Gasteiger partial charge is 0.332 e. The van der Waals surface area contributed by atoms with Gasteiger partial charge in [-0.25, -0.2) is 4.79 Å². The molecule has 0 aliphatic heterocycles. The molecule has 1 amide bonds. The lowest BCUT2D eigenvalue weighted by molar-refractivity contribution is -0.209. The number of hydrogen-bond donors (Lipinski definition) is 0. The summed E-state index contributed by atoms with van der Waals surface area (Å²) in [7, 11) is 0. The highest BCUT2D eigenvalue weighted by atomic mass is 16.7. The highest BCUT2D eigenvalue weighted by Gasteiger charge is 2.30. The molecular weight excluding hydrogens is 214 g/mol. The van der Waals surface area contributed by atoms with Gasteiger partial charge in [0.25, 0.3) is 5.91 Å². The predicted octanol–water partition coefficient (Wildman–Crippen LogP) is 0.655. The molecule has 0 radical (unpaired) electrons. The van der Waals surface area contributed by atoms with Gasteiger partial charge in [-0.1, -0.05) is 6.92 Å². The number of nitrogens with zero attached hydrogens (tertiary/aromatic N) is 1. The molecule has 0 saturated heterocycles. The summed E-state index contributed by atoms with van der Waals surface area (Å²) in [6.07, 6.45) is 0.311. The highest BCUT2D eigenvalue weighted by Crippen LogP contribution is 2.08. The van der Waals surface area contributed by atoms with Crippen molar-refractivity contribution in [2.75, 3.05) is 6.61 Å². The molecule has 0 N–H and O–H groups in total. The van der Waals surface area contributed by atoms with E-state index in [1.165, 1.54) is 6.92 Å². The van der Waals surface area contributed by atoms with Gasteiger partial charge in [0, 0.05) is 13.8 Å². The zero-order valence-corrected chi connectivity index (χ0v) is 9.98. The molecule has 0 spiro atoms. The monoisotopic (exact) mass is 231 g/mol. The van der Waals surface area contributed by atoms with Gasteiger partial charge < -0.3 is 9.57 Å². The van der Waals surface area contributed by atoms with Crippen LogP contribution in [0.3, 0.4) is 0 Å². The maximum Gasteiger partial charge on any atom is 0.332 e. The predicted molar refractivity (Wildman–Crippen MR) is 55.0 cm³/mol. The van der Waals surface area contributed by atoms with Gasteiger partial charge in [0.05, 0.1) is 6.61 Å². The molecule has 0 aromatic rings. The van der Waals surface area contributed by atoms with Crippen molar-refractivity contribution in [1.82, 2.24) is 5.06 Å². The lowest BCUT2D eigenvalue weighted by Gasteiger charge is -2.25. The summed E-state index contributed by atoms with van der Waals surface area (Å²) in [4.78, 5) is 38.2. The Kier molecular flexibility index (Phi) is 6.14. The van der Waals surface area contributed by atoms with E-state index in [1.807, 2.05) is 0 Å². The number of rotatable bonds is 4. The van der Waals surface area contributed by atoms with Crippen molar-refractivity contribution in [2.24, 2.45) is 0 Å². The summed E-state index contributed by atoms with van der Waals surface area (Å²) in [6.45, 7) is 5.94. The molecule has 0 aliphatic carbocycles. The van der Waals surface area contributed by atoms with Crippen molar-refractivity contribution >= 4 is 17.8 Å². The number of esters is 1. The van der Waals surface area contributed by atoms with E-state index in [0.717, 1.165) is 12.0 Å². The van der Waals surface area contributed by atoms with Crippen LogP contribution in [0.1, 0.15) is 34.1 Å². The third-order valence-corrected chi connectivity index (χ3v) is 1.77.